The molecule has 0 aromatic heterocycles. The maximum absolute atomic E-state index is 11.7. The molecule has 5 heteroatoms. The van der Waals surface area contributed by atoms with E-state index in [0.29, 0.717) is 13.0 Å². The number of aliphatic carboxylic acids is 1. The van der Waals surface area contributed by atoms with Crippen molar-refractivity contribution in [1.29, 1.82) is 0 Å². The maximum atomic E-state index is 11.7. The largest absolute Gasteiger partial charge is 0.480 e. The van der Waals surface area contributed by atoms with Crippen molar-refractivity contribution >= 4 is 11.9 Å². The van der Waals surface area contributed by atoms with E-state index in [1.165, 1.54) is 6.92 Å². The first-order valence-electron chi connectivity index (χ1n) is 5.63. The van der Waals surface area contributed by atoms with Gasteiger partial charge < -0.3 is 15.7 Å². The monoisotopic (exact) mass is 230 g/mol. The first-order chi connectivity index (χ1) is 7.37. The van der Waals surface area contributed by atoms with E-state index >= 15 is 0 Å². The van der Waals surface area contributed by atoms with Crippen LogP contribution in [0.25, 0.3) is 0 Å². The van der Waals surface area contributed by atoms with E-state index in [9.17, 15) is 9.59 Å². The molecule has 0 aliphatic carbocycles. The third-order valence-electron chi connectivity index (χ3n) is 2.73. The van der Waals surface area contributed by atoms with Crippen LogP contribution in [0.15, 0.2) is 0 Å². The van der Waals surface area contributed by atoms with Crippen molar-refractivity contribution in [3.8, 4) is 0 Å². The molecule has 0 saturated heterocycles. The molecule has 1 amide bonds. The van der Waals surface area contributed by atoms with Crippen LogP contribution in [0.3, 0.4) is 0 Å². The van der Waals surface area contributed by atoms with Crippen LogP contribution in [0.4, 0.5) is 0 Å². The Morgan fingerprint density at radius 2 is 1.94 bits per heavy atom. The summed E-state index contributed by atoms with van der Waals surface area (Å²) in [5, 5.41) is 14.6. The number of nitrogens with one attached hydrogen (secondary N) is 2. The number of rotatable bonds is 7. The minimum absolute atomic E-state index is 0.229. The van der Waals surface area contributed by atoms with Crippen molar-refractivity contribution in [2.45, 2.75) is 39.7 Å². The van der Waals surface area contributed by atoms with Gasteiger partial charge in [-0.15, -0.1) is 0 Å². The first-order valence-corrected chi connectivity index (χ1v) is 5.63. The SMILES string of the molecule is CCNCC(C)C(=O)NC(C)(CC)C(=O)O. The predicted molar refractivity (Wildman–Crippen MR) is 62.2 cm³/mol. The van der Waals surface area contributed by atoms with Gasteiger partial charge in [0, 0.05) is 12.5 Å². The highest BCUT2D eigenvalue weighted by molar-refractivity contribution is 5.87. The molecular weight excluding hydrogens is 208 g/mol. The van der Waals surface area contributed by atoms with Gasteiger partial charge >= 0.3 is 5.97 Å². The minimum Gasteiger partial charge on any atom is -0.480 e. The normalized spacial score (nSPS) is 16.2. The molecule has 2 unspecified atom stereocenters. The number of hydrogen-bond acceptors (Lipinski definition) is 3. The van der Waals surface area contributed by atoms with Crippen LogP contribution in [0, 0.1) is 5.92 Å². The van der Waals surface area contributed by atoms with E-state index in [2.05, 4.69) is 10.6 Å². The smallest absolute Gasteiger partial charge is 0.329 e. The molecule has 0 rings (SSSR count). The van der Waals surface area contributed by atoms with Gasteiger partial charge in [0.05, 0.1) is 0 Å². The van der Waals surface area contributed by atoms with Crippen LogP contribution in [0.2, 0.25) is 0 Å². The van der Waals surface area contributed by atoms with Gasteiger partial charge in [0.15, 0.2) is 0 Å². The van der Waals surface area contributed by atoms with Crippen LogP contribution < -0.4 is 10.6 Å². The number of carbonyl (C=O) groups excluding carboxylic acids is 1. The summed E-state index contributed by atoms with van der Waals surface area (Å²) in [6.07, 6.45) is 0.363. The van der Waals surface area contributed by atoms with Gasteiger partial charge in [-0.3, -0.25) is 4.79 Å². The third-order valence-corrected chi connectivity index (χ3v) is 2.73. The molecule has 0 saturated carbocycles. The van der Waals surface area contributed by atoms with Crippen molar-refractivity contribution in [2.24, 2.45) is 5.92 Å². The Kier molecular flexibility index (Phi) is 6.03. The summed E-state index contributed by atoms with van der Waals surface area (Å²) < 4.78 is 0. The second-order valence-electron chi connectivity index (χ2n) is 4.19. The van der Waals surface area contributed by atoms with Gasteiger partial charge in [0.2, 0.25) is 5.91 Å². The van der Waals surface area contributed by atoms with Crippen LogP contribution in [-0.2, 0) is 9.59 Å². The molecule has 0 radical (unpaired) electrons. The Morgan fingerprint density at radius 3 is 2.31 bits per heavy atom. The Labute approximate surface area is 96.6 Å². The van der Waals surface area contributed by atoms with E-state index in [4.69, 9.17) is 5.11 Å². The molecule has 0 fully saturated rings. The Balaban J connectivity index is 4.36. The number of carboxylic acids is 1. The molecule has 0 aliphatic heterocycles. The average molecular weight is 230 g/mol. The lowest BCUT2D eigenvalue weighted by molar-refractivity contribution is -0.147. The second kappa shape index (κ2) is 6.48. The molecule has 0 aromatic rings. The summed E-state index contributed by atoms with van der Waals surface area (Å²) in [6.45, 7) is 8.34. The van der Waals surface area contributed by atoms with Crippen molar-refractivity contribution in [3.05, 3.63) is 0 Å². The van der Waals surface area contributed by atoms with Crippen LogP contribution >= 0.6 is 0 Å². The second-order valence-corrected chi connectivity index (χ2v) is 4.19. The summed E-state index contributed by atoms with van der Waals surface area (Å²) in [5.41, 5.74) is -1.17. The molecule has 0 heterocycles. The lowest BCUT2D eigenvalue weighted by Crippen LogP contribution is -2.54. The molecule has 3 N–H and O–H groups in total. The van der Waals surface area contributed by atoms with Crippen molar-refractivity contribution in [2.75, 3.05) is 13.1 Å². The summed E-state index contributed by atoms with van der Waals surface area (Å²) in [7, 11) is 0. The van der Waals surface area contributed by atoms with E-state index in [1.54, 1.807) is 13.8 Å². The van der Waals surface area contributed by atoms with Crippen molar-refractivity contribution in [3.63, 3.8) is 0 Å². The molecular formula is C11H22N2O3. The lowest BCUT2D eigenvalue weighted by Gasteiger charge is -2.26. The first kappa shape index (κ1) is 14.9. The zero-order valence-corrected chi connectivity index (χ0v) is 10.5. The fraction of sp³-hybridized carbons (Fsp3) is 0.818. The van der Waals surface area contributed by atoms with Gasteiger partial charge in [-0.05, 0) is 19.9 Å². The summed E-state index contributed by atoms with van der Waals surface area (Å²) in [4.78, 5) is 22.7. The summed E-state index contributed by atoms with van der Waals surface area (Å²) in [5.74, 6) is -1.46. The molecule has 0 bridgehead atoms. The average Bonchev–Trinajstić information content (AvgIpc) is 2.25. The molecule has 5 nitrogen and oxygen atoms in total. The number of carboxylic acid groups (broad SMARTS) is 1. The minimum atomic E-state index is -1.17. The van der Waals surface area contributed by atoms with Crippen molar-refractivity contribution < 1.29 is 14.7 Å². The van der Waals surface area contributed by atoms with E-state index in [0.717, 1.165) is 6.54 Å². The zero-order valence-electron chi connectivity index (χ0n) is 10.5. The maximum Gasteiger partial charge on any atom is 0.329 e. The Bertz CT molecular complexity index is 256. The number of carbonyl (C=O) groups is 2. The van der Waals surface area contributed by atoms with Crippen molar-refractivity contribution in [1.82, 2.24) is 10.6 Å². The molecule has 0 spiro atoms. The molecule has 0 aliphatic rings. The number of hydrogen-bond donors (Lipinski definition) is 3. The zero-order chi connectivity index (χ0) is 12.8. The highest BCUT2D eigenvalue weighted by atomic mass is 16.4. The fourth-order valence-electron chi connectivity index (χ4n) is 1.14. The van der Waals surface area contributed by atoms with Gasteiger partial charge in [0.1, 0.15) is 5.54 Å². The molecule has 0 aromatic carbocycles. The third kappa shape index (κ3) is 4.18. The van der Waals surface area contributed by atoms with Gasteiger partial charge in [-0.2, -0.15) is 0 Å². The van der Waals surface area contributed by atoms with Gasteiger partial charge in [0.25, 0.3) is 0 Å². The van der Waals surface area contributed by atoms with Crippen LogP contribution in [0.5, 0.6) is 0 Å². The summed E-state index contributed by atoms with van der Waals surface area (Å²) >= 11 is 0. The van der Waals surface area contributed by atoms with Crippen LogP contribution in [0.1, 0.15) is 34.1 Å². The highest BCUT2D eigenvalue weighted by Crippen LogP contribution is 2.10. The van der Waals surface area contributed by atoms with E-state index in [1.807, 2.05) is 6.92 Å². The fourth-order valence-corrected chi connectivity index (χ4v) is 1.14. The Hall–Kier alpha value is -1.10. The highest BCUT2D eigenvalue weighted by Gasteiger charge is 2.33. The topological polar surface area (TPSA) is 78.4 Å². The predicted octanol–water partition coefficient (Wildman–Crippen LogP) is 0.601. The van der Waals surface area contributed by atoms with Gasteiger partial charge in [-0.25, -0.2) is 4.79 Å². The number of amides is 1. The van der Waals surface area contributed by atoms with Crippen LogP contribution in [-0.4, -0.2) is 35.6 Å². The Morgan fingerprint density at radius 1 is 1.38 bits per heavy atom. The van der Waals surface area contributed by atoms with E-state index < -0.39 is 11.5 Å². The van der Waals surface area contributed by atoms with Gasteiger partial charge in [-0.1, -0.05) is 20.8 Å². The molecule has 94 valence electrons. The molecule has 16 heavy (non-hydrogen) atoms. The summed E-state index contributed by atoms with van der Waals surface area (Å²) in [6, 6.07) is 0. The quantitative estimate of drug-likeness (QED) is 0.598. The lowest BCUT2D eigenvalue weighted by atomic mass is 9.98. The molecule has 2 atom stereocenters. The standard InChI is InChI=1S/C11H22N2O3/c1-5-11(4,10(15)16)13-9(14)8(3)7-12-6-2/h8,12H,5-7H2,1-4H3,(H,13,14)(H,15,16). The van der Waals surface area contributed by atoms with E-state index in [-0.39, 0.29) is 11.8 Å².